The van der Waals surface area contributed by atoms with Gasteiger partial charge in [-0.2, -0.15) is 0 Å². The molecule has 2 aromatic carbocycles. The minimum atomic E-state index is -4.21. The minimum Gasteiger partial charge on any atom is -0.490 e. The van der Waals surface area contributed by atoms with Crippen LogP contribution in [0.25, 0.3) is 5.57 Å². The first-order chi connectivity index (χ1) is 15.3. The molecule has 2 heterocycles. The molecule has 1 atom stereocenters. The molecule has 6 nitrogen and oxygen atoms in total. The van der Waals surface area contributed by atoms with Crippen LogP contribution in [0.2, 0.25) is 5.02 Å². The van der Waals surface area contributed by atoms with E-state index in [0.717, 1.165) is 36.2 Å². The van der Waals surface area contributed by atoms with Gasteiger partial charge < -0.3 is 10.1 Å². The molecular weight excluding hydrogens is 480 g/mol. The largest absolute Gasteiger partial charge is 0.490 e. The van der Waals surface area contributed by atoms with Gasteiger partial charge in [0.05, 0.1) is 16.6 Å². The van der Waals surface area contributed by atoms with E-state index in [-0.39, 0.29) is 35.1 Å². The number of sulfonamides is 1. The number of rotatable bonds is 7. The summed E-state index contributed by atoms with van der Waals surface area (Å²) in [5.41, 5.74) is 3.23. The highest BCUT2D eigenvalue weighted by molar-refractivity contribution is 7.92. The van der Waals surface area contributed by atoms with Gasteiger partial charge in [0.1, 0.15) is 28.9 Å². The van der Waals surface area contributed by atoms with E-state index in [1.807, 2.05) is 6.08 Å². The molecule has 0 fully saturated rings. The summed E-state index contributed by atoms with van der Waals surface area (Å²) in [5, 5.41) is 4.75. The number of nitrogens with one attached hydrogen (secondary N) is 2. The van der Waals surface area contributed by atoms with E-state index in [1.165, 1.54) is 34.4 Å². The SMILES string of the molecule is O=S(=O)(Nc1cscn1)c1cc(Cl)c(OC[C@H]2NCCC=C2c2ccc(F)cc2)cc1F. The maximum Gasteiger partial charge on any atom is 0.266 e. The third-order valence-electron chi connectivity index (χ3n) is 4.80. The Morgan fingerprint density at radius 1 is 1.25 bits per heavy atom. The van der Waals surface area contributed by atoms with Crippen molar-refractivity contribution in [2.75, 3.05) is 17.9 Å². The van der Waals surface area contributed by atoms with Crippen molar-refractivity contribution in [3.8, 4) is 5.75 Å². The topological polar surface area (TPSA) is 80.3 Å². The summed E-state index contributed by atoms with van der Waals surface area (Å²) in [4.78, 5) is 3.22. The zero-order valence-corrected chi connectivity index (χ0v) is 18.9. The molecule has 1 aliphatic rings. The molecule has 0 amide bonds. The highest BCUT2D eigenvalue weighted by Gasteiger charge is 2.24. The molecule has 0 saturated heterocycles. The number of anilines is 1. The first kappa shape index (κ1) is 22.7. The number of thiazole rings is 1. The molecule has 168 valence electrons. The summed E-state index contributed by atoms with van der Waals surface area (Å²) in [5.74, 6) is -1.22. The molecule has 0 bridgehead atoms. The number of hydrogen-bond donors (Lipinski definition) is 2. The maximum atomic E-state index is 14.7. The monoisotopic (exact) mass is 497 g/mol. The Labute approximate surface area is 193 Å². The van der Waals surface area contributed by atoms with Crippen LogP contribution in [0.4, 0.5) is 14.6 Å². The normalized spacial score (nSPS) is 16.5. The van der Waals surface area contributed by atoms with Crippen LogP contribution in [0.3, 0.4) is 0 Å². The van der Waals surface area contributed by atoms with Crippen LogP contribution in [0, 0.1) is 11.6 Å². The van der Waals surface area contributed by atoms with Gasteiger partial charge in [-0.25, -0.2) is 22.2 Å². The van der Waals surface area contributed by atoms with Gasteiger partial charge >= 0.3 is 0 Å². The predicted molar refractivity (Wildman–Crippen MR) is 121 cm³/mol. The number of halogens is 3. The first-order valence-electron chi connectivity index (χ1n) is 9.56. The Balaban J connectivity index is 1.51. The van der Waals surface area contributed by atoms with Crippen molar-refractivity contribution in [2.24, 2.45) is 0 Å². The van der Waals surface area contributed by atoms with Crippen LogP contribution in [0.15, 0.2) is 58.3 Å². The fourth-order valence-electron chi connectivity index (χ4n) is 3.30. The summed E-state index contributed by atoms with van der Waals surface area (Å²) >= 11 is 7.40. The van der Waals surface area contributed by atoms with Crippen molar-refractivity contribution in [2.45, 2.75) is 17.4 Å². The number of hydrogen-bond acceptors (Lipinski definition) is 6. The molecule has 1 aliphatic heterocycles. The fourth-order valence-corrected chi connectivity index (χ4v) is 5.23. The molecule has 4 rings (SSSR count). The van der Waals surface area contributed by atoms with Gasteiger partial charge in [0.25, 0.3) is 10.0 Å². The van der Waals surface area contributed by atoms with Crippen molar-refractivity contribution < 1.29 is 21.9 Å². The number of benzene rings is 2. The van der Waals surface area contributed by atoms with E-state index < -0.39 is 20.7 Å². The fraction of sp³-hybridized carbons (Fsp3) is 0.190. The Hall–Kier alpha value is -2.53. The van der Waals surface area contributed by atoms with Crippen molar-refractivity contribution in [1.82, 2.24) is 10.3 Å². The molecule has 11 heteroatoms. The Kier molecular flexibility index (Phi) is 6.75. The van der Waals surface area contributed by atoms with E-state index in [0.29, 0.717) is 0 Å². The average Bonchev–Trinajstić information content (AvgIpc) is 3.27. The second-order valence-corrected chi connectivity index (χ2v) is 9.74. The standard InChI is InChI=1S/C21H18ClF2N3O3S2/c22-16-8-20(32(28,29)27-21-11-31-12-26-21)17(24)9-19(16)30-10-18-15(2-1-7-25-18)13-3-5-14(23)6-4-13/h2-6,8-9,11-12,18,25,27H,1,7,10H2/t18-/m1/s1. The minimum absolute atomic E-state index is 0.0163. The van der Waals surface area contributed by atoms with Crippen molar-refractivity contribution in [3.05, 3.63) is 75.6 Å². The van der Waals surface area contributed by atoms with Gasteiger partial charge in [0.2, 0.25) is 0 Å². The summed E-state index contributed by atoms with van der Waals surface area (Å²) in [7, 11) is -4.21. The molecule has 32 heavy (non-hydrogen) atoms. The van der Waals surface area contributed by atoms with Gasteiger partial charge in [-0.1, -0.05) is 29.8 Å². The maximum absolute atomic E-state index is 14.7. The smallest absolute Gasteiger partial charge is 0.266 e. The predicted octanol–water partition coefficient (Wildman–Crippen LogP) is 4.70. The lowest BCUT2D eigenvalue weighted by molar-refractivity contribution is 0.287. The summed E-state index contributed by atoms with van der Waals surface area (Å²) in [6.45, 7) is 0.839. The van der Waals surface area contributed by atoms with Gasteiger partial charge in [0.15, 0.2) is 5.82 Å². The van der Waals surface area contributed by atoms with Gasteiger partial charge in [-0.3, -0.25) is 4.72 Å². The van der Waals surface area contributed by atoms with Crippen LogP contribution < -0.4 is 14.8 Å². The van der Waals surface area contributed by atoms with Crippen LogP contribution in [-0.4, -0.2) is 32.6 Å². The number of aromatic nitrogens is 1. The van der Waals surface area contributed by atoms with Gasteiger partial charge in [-0.05, 0) is 42.3 Å². The molecule has 2 N–H and O–H groups in total. The lowest BCUT2D eigenvalue weighted by Gasteiger charge is -2.26. The van der Waals surface area contributed by atoms with Gasteiger partial charge in [0, 0.05) is 11.4 Å². The molecule has 3 aromatic rings. The first-order valence-corrected chi connectivity index (χ1v) is 12.4. The second kappa shape index (κ2) is 9.53. The molecule has 0 unspecified atom stereocenters. The molecule has 0 radical (unpaired) electrons. The van der Waals surface area contributed by atoms with Crippen LogP contribution in [0.5, 0.6) is 5.75 Å². The highest BCUT2D eigenvalue weighted by Crippen LogP contribution is 2.32. The second-order valence-electron chi connectivity index (χ2n) is 6.96. The Bertz CT molecular complexity index is 1230. The van der Waals surface area contributed by atoms with E-state index in [9.17, 15) is 17.2 Å². The summed E-state index contributed by atoms with van der Waals surface area (Å²) < 4.78 is 60.8. The van der Waals surface area contributed by atoms with Crippen molar-refractivity contribution in [1.29, 1.82) is 0 Å². The lowest BCUT2D eigenvalue weighted by atomic mass is 9.95. The van der Waals surface area contributed by atoms with E-state index >= 15 is 0 Å². The molecule has 0 spiro atoms. The molecule has 1 aromatic heterocycles. The quantitative estimate of drug-likeness (QED) is 0.494. The molecular formula is C21H18ClF2N3O3S2. The third kappa shape index (κ3) is 5.09. The third-order valence-corrected chi connectivity index (χ3v) is 7.06. The van der Waals surface area contributed by atoms with E-state index in [4.69, 9.17) is 16.3 Å². The van der Waals surface area contributed by atoms with Crippen molar-refractivity contribution in [3.63, 3.8) is 0 Å². The lowest BCUT2D eigenvalue weighted by Crippen LogP contribution is -2.38. The number of ether oxygens (including phenoxy) is 1. The van der Waals surface area contributed by atoms with Crippen LogP contribution in [0.1, 0.15) is 12.0 Å². The zero-order valence-electron chi connectivity index (χ0n) is 16.5. The van der Waals surface area contributed by atoms with Crippen LogP contribution >= 0.6 is 22.9 Å². The summed E-state index contributed by atoms with van der Waals surface area (Å²) in [6.07, 6.45) is 2.84. The Morgan fingerprint density at radius 3 is 2.75 bits per heavy atom. The van der Waals surface area contributed by atoms with E-state index in [2.05, 4.69) is 15.0 Å². The van der Waals surface area contributed by atoms with E-state index in [1.54, 1.807) is 12.1 Å². The zero-order chi connectivity index (χ0) is 22.7. The van der Waals surface area contributed by atoms with Crippen molar-refractivity contribution >= 4 is 44.4 Å². The van der Waals surface area contributed by atoms with Crippen LogP contribution in [-0.2, 0) is 10.0 Å². The number of nitrogens with zero attached hydrogens (tertiary/aromatic N) is 1. The summed E-state index contributed by atoms with van der Waals surface area (Å²) in [6, 6.07) is 7.85. The Morgan fingerprint density at radius 2 is 2.03 bits per heavy atom. The molecule has 0 saturated carbocycles. The van der Waals surface area contributed by atoms with Gasteiger partial charge in [-0.15, -0.1) is 11.3 Å². The highest BCUT2D eigenvalue weighted by atomic mass is 35.5. The average molecular weight is 498 g/mol. The molecule has 0 aliphatic carbocycles.